The van der Waals surface area contributed by atoms with E-state index in [1.807, 2.05) is 0 Å². The Morgan fingerprint density at radius 1 is 0.917 bits per heavy atom. The minimum Gasteiger partial charge on any atom is -0.393 e. The van der Waals surface area contributed by atoms with Gasteiger partial charge in [-0.2, -0.15) is 0 Å². The van der Waals surface area contributed by atoms with Crippen molar-refractivity contribution in [1.29, 1.82) is 0 Å². The van der Waals surface area contributed by atoms with Crippen molar-refractivity contribution in [3.8, 4) is 0 Å². The molecule has 4 fully saturated rings. The van der Waals surface area contributed by atoms with Crippen molar-refractivity contribution >= 4 is 0 Å². The Labute approximate surface area is 145 Å². The molecule has 0 spiro atoms. The van der Waals surface area contributed by atoms with Crippen LogP contribution in [0.2, 0.25) is 0 Å². The highest BCUT2D eigenvalue weighted by Crippen LogP contribution is 2.68. The maximum atomic E-state index is 11.0. The molecular weight excluding hydrogens is 304 g/mol. The smallest absolute Gasteiger partial charge is 0.119 e. The van der Waals surface area contributed by atoms with Crippen LogP contribution in [-0.4, -0.2) is 44.8 Å². The van der Waals surface area contributed by atoms with Gasteiger partial charge in [-0.3, -0.25) is 0 Å². The van der Waals surface area contributed by atoms with Crippen LogP contribution in [0.1, 0.15) is 65.2 Å². The summed E-state index contributed by atoms with van der Waals surface area (Å²) in [6, 6.07) is 0. The second kappa shape index (κ2) is 5.42. The van der Waals surface area contributed by atoms with Gasteiger partial charge in [-0.25, -0.2) is 0 Å². The van der Waals surface area contributed by atoms with Crippen molar-refractivity contribution in [2.45, 2.75) is 83.0 Å². The van der Waals surface area contributed by atoms with Crippen LogP contribution >= 0.6 is 0 Å². The lowest BCUT2D eigenvalue weighted by molar-refractivity contribution is -0.186. The molecule has 0 amide bonds. The van der Waals surface area contributed by atoms with Crippen molar-refractivity contribution in [2.75, 3.05) is 6.61 Å². The van der Waals surface area contributed by atoms with E-state index < -0.39 is 11.7 Å². The second-order valence-corrected chi connectivity index (χ2v) is 9.88. The van der Waals surface area contributed by atoms with Gasteiger partial charge in [0.05, 0.1) is 18.8 Å². The summed E-state index contributed by atoms with van der Waals surface area (Å²) in [5.41, 5.74) is -1.42. The Balaban J connectivity index is 1.65. The Morgan fingerprint density at radius 3 is 2.38 bits per heavy atom. The first-order valence-electron chi connectivity index (χ1n) is 9.95. The third-order valence-corrected chi connectivity index (χ3v) is 9.29. The molecule has 4 saturated carbocycles. The van der Waals surface area contributed by atoms with Gasteiger partial charge >= 0.3 is 0 Å². The van der Waals surface area contributed by atoms with Gasteiger partial charge < -0.3 is 20.4 Å². The van der Waals surface area contributed by atoms with Crippen LogP contribution < -0.4 is 0 Å². The zero-order chi connectivity index (χ0) is 17.3. The third kappa shape index (κ3) is 2.00. The minimum absolute atomic E-state index is 0.124. The summed E-state index contributed by atoms with van der Waals surface area (Å²) in [5.74, 6) is 2.09. The van der Waals surface area contributed by atoms with Crippen LogP contribution in [0.25, 0.3) is 0 Å². The number of hydrogen-bond donors (Lipinski definition) is 4. The molecule has 0 bridgehead atoms. The van der Waals surface area contributed by atoms with Crippen molar-refractivity contribution in [3.63, 3.8) is 0 Å². The van der Waals surface area contributed by atoms with Crippen LogP contribution in [-0.2, 0) is 0 Å². The molecule has 0 saturated heterocycles. The van der Waals surface area contributed by atoms with Gasteiger partial charge in [-0.1, -0.05) is 13.8 Å². The summed E-state index contributed by atoms with van der Waals surface area (Å²) >= 11 is 0. The average Bonchev–Trinajstić information content (AvgIpc) is 2.76. The van der Waals surface area contributed by atoms with Gasteiger partial charge in [0.1, 0.15) is 5.60 Å². The monoisotopic (exact) mass is 338 g/mol. The van der Waals surface area contributed by atoms with Crippen LogP contribution in [0.4, 0.5) is 0 Å². The van der Waals surface area contributed by atoms with Gasteiger partial charge in [-0.15, -0.1) is 0 Å². The second-order valence-electron chi connectivity index (χ2n) is 9.88. The molecule has 4 heteroatoms. The number of aliphatic hydroxyl groups is 4. The van der Waals surface area contributed by atoms with E-state index in [1.54, 1.807) is 0 Å². The molecule has 0 heterocycles. The zero-order valence-electron chi connectivity index (χ0n) is 15.1. The highest BCUT2D eigenvalue weighted by Gasteiger charge is 2.67. The maximum Gasteiger partial charge on any atom is 0.119 e. The third-order valence-electron chi connectivity index (χ3n) is 9.29. The van der Waals surface area contributed by atoms with Crippen molar-refractivity contribution < 1.29 is 20.4 Å². The van der Waals surface area contributed by atoms with E-state index >= 15 is 0 Å². The largest absolute Gasteiger partial charge is 0.393 e. The lowest BCUT2D eigenvalue weighted by Crippen LogP contribution is -2.59. The van der Waals surface area contributed by atoms with Crippen molar-refractivity contribution in [2.24, 2.45) is 34.5 Å². The number of fused-ring (bicyclic) bond motifs is 5. The number of aliphatic hydroxyl groups excluding tert-OH is 3. The molecule has 0 aromatic carbocycles. The highest BCUT2D eigenvalue weighted by molar-refractivity contribution is 5.17. The van der Waals surface area contributed by atoms with Crippen LogP contribution in [0.15, 0.2) is 0 Å². The Bertz CT molecular complexity index is 510. The molecule has 0 aliphatic heterocycles. The first-order chi connectivity index (χ1) is 11.3. The van der Waals surface area contributed by atoms with E-state index in [4.69, 9.17) is 0 Å². The fourth-order valence-corrected chi connectivity index (χ4v) is 7.63. The molecule has 4 rings (SSSR count). The molecule has 4 aliphatic carbocycles. The van der Waals surface area contributed by atoms with Crippen LogP contribution in [0.3, 0.4) is 0 Å². The standard InChI is InChI=1S/C20H34O4/c1-18-7-5-13(22)9-12(18)3-4-14-15(18)6-8-19(2)16(14)10-17(23)20(19,24)11-21/h12-17,21-24H,3-11H2,1-2H3/t12?,13-,14-,15+,16+,17-,18+,19+,20+/m1/s1. The first kappa shape index (κ1) is 17.3. The summed E-state index contributed by atoms with van der Waals surface area (Å²) in [6.45, 7) is 4.19. The predicted octanol–water partition coefficient (Wildman–Crippen LogP) is 2.08. The quantitative estimate of drug-likeness (QED) is 0.590. The molecular formula is C20H34O4. The predicted molar refractivity (Wildman–Crippen MR) is 91.2 cm³/mol. The molecule has 1 unspecified atom stereocenters. The van der Waals surface area contributed by atoms with E-state index in [2.05, 4.69) is 13.8 Å². The molecule has 138 valence electrons. The first-order valence-corrected chi connectivity index (χ1v) is 9.95. The van der Waals surface area contributed by atoms with Crippen LogP contribution in [0.5, 0.6) is 0 Å². The average molecular weight is 338 g/mol. The molecule has 4 N–H and O–H groups in total. The summed E-state index contributed by atoms with van der Waals surface area (Å²) in [7, 11) is 0. The van der Waals surface area contributed by atoms with E-state index in [0.29, 0.717) is 35.5 Å². The summed E-state index contributed by atoms with van der Waals surface area (Å²) in [5, 5.41) is 41.5. The normalized spacial score (nSPS) is 60.2. The Morgan fingerprint density at radius 2 is 1.67 bits per heavy atom. The molecule has 0 aromatic rings. The molecule has 0 aromatic heterocycles. The van der Waals surface area contributed by atoms with E-state index in [0.717, 1.165) is 44.9 Å². The van der Waals surface area contributed by atoms with Gasteiger partial charge in [0, 0.05) is 5.41 Å². The summed E-state index contributed by atoms with van der Waals surface area (Å²) < 4.78 is 0. The van der Waals surface area contributed by atoms with Crippen molar-refractivity contribution in [1.82, 2.24) is 0 Å². The Hall–Kier alpha value is -0.160. The van der Waals surface area contributed by atoms with E-state index in [1.165, 1.54) is 0 Å². The van der Waals surface area contributed by atoms with Gasteiger partial charge in [-0.05, 0) is 80.5 Å². The van der Waals surface area contributed by atoms with Crippen molar-refractivity contribution in [3.05, 3.63) is 0 Å². The fourth-order valence-electron chi connectivity index (χ4n) is 7.63. The summed E-state index contributed by atoms with van der Waals surface area (Å²) in [4.78, 5) is 0. The van der Waals surface area contributed by atoms with Gasteiger partial charge in [0.2, 0.25) is 0 Å². The fraction of sp³-hybridized carbons (Fsp3) is 1.00. The lowest BCUT2D eigenvalue weighted by Gasteiger charge is -2.61. The van der Waals surface area contributed by atoms with E-state index in [9.17, 15) is 20.4 Å². The molecule has 24 heavy (non-hydrogen) atoms. The summed E-state index contributed by atoms with van der Waals surface area (Å²) in [6.07, 6.45) is 6.94. The van der Waals surface area contributed by atoms with Crippen LogP contribution in [0, 0.1) is 34.5 Å². The highest BCUT2D eigenvalue weighted by atomic mass is 16.4. The number of rotatable bonds is 1. The minimum atomic E-state index is -1.34. The lowest BCUT2D eigenvalue weighted by atomic mass is 9.44. The van der Waals surface area contributed by atoms with Gasteiger partial charge in [0.15, 0.2) is 0 Å². The molecule has 0 radical (unpaired) electrons. The topological polar surface area (TPSA) is 80.9 Å². The molecule has 4 nitrogen and oxygen atoms in total. The molecule has 9 atom stereocenters. The SMILES string of the molecule is C[C@]12CC[C@@H](O)CC1CC[C@@H]1[C@@H]2CC[C@@]2(C)[C@H]1C[C@@H](O)[C@@]2(O)CO. The zero-order valence-corrected chi connectivity index (χ0v) is 15.1. The number of hydrogen-bond acceptors (Lipinski definition) is 4. The molecule has 4 aliphatic rings. The Kier molecular flexibility index (Phi) is 3.90. The maximum absolute atomic E-state index is 11.0. The van der Waals surface area contributed by atoms with Gasteiger partial charge in [0.25, 0.3) is 0 Å². The van der Waals surface area contributed by atoms with E-state index in [-0.39, 0.29) is 18.1 Å².